The van der Waals surface area contributed by atoms with Gasteiger partial charge in [-0.05, 0) is 60.7 Å². The van der Waals surface area contributed by atoms with Crippen LogP contribution >= 0.6 is 59.1 Å². The molecule has 0 N–H and O–H groups in total. The van der Waals surface area contributed by atoms with E-state index in [2.05, 4.69) is 96.3 Å². The van der Waals surface area contributed by atoms with Crippen LogP contribution in [-0.2, 0) is 6.42 Å². The number of hydrogen-bond acceptors (Lipinski definition) is 1. The maximum absolute atomic E-state index is 3.80. The number of fused-ring (bicyclic) bond motifs is 1. The Balaban J connectivity index is 1.85. The highest BCUT2D eigenvalue weighted by atomic mass is 79.9. The molecule has 0 aliphatic rings. The van der Waals surface area contributed by atoms with Crippen molar-refractivity contribution in [3.63, 3.8) is 0 Å². The molecule has 4 heteroatoms. The smallest absolute Gasteiger partial charge is 0.0843 e. The number of rotatable bonds is 3. The predicted octanol–water partition coefficient (Wildman–Crippen LogP) is 7.11. The maximum atomic E-state index is 3.80. The van der Waals surface area contributed by atoms with Crippen LogP contribution in [-0.4, -0.2) is 0 Å². The number of benzene rings is 2. The Kier molecular flexibility index (Phi) is 4.65. The molecule has 0 spiro atoms. The van der Waals surface area contributed by atoms with Crippen molar-refractivity contribution in [3.8, 4) is 0 Å². The Morgan fingerprint density at radius 1 is 0.950 bits per heavy atom. The first kappa shape index (κ1) is 14.8. The first-order chi connectivity index (χ1) is 9.63. The summed E-state index contributed by atoms with van der Waals surface area (Å²) in [5.41, 5.74) is 1.35. The molecule has 1 atom stereocenters. The van der Waals surface area contributed by atoms with Gasteiger partial charge in [-0.2, -0.15) is 0 Å². The van der Waals surface area contributed by atoms with Gasteiger partial charge in [0.15, 0.2) is 0 Å². The van der Waals surface area contributed by atoms with E-state index in [9.17, 15) is 0 Å². The van der Waals surface area contributed by atoms with Crippen LogP contribution in [0.3, 0.4) is 0 Å². The summed E-state index contributed by atoms with van der Waals surface area (Å²) in [6.45, 7) is 0. The maximum Gasteiger partial charge on any atom is 0.0843 e. The SMILES string of the molecule is Brc1cc(C(Br)Cc2ccc3ccccc3c2)sc1Br. The van der Waals surface area contributed by atoms with E-state index in [0.717, 1.165) is 14.7 Å². The second-order valence-corrected chi connectivity index (χ2v) is 8.98. The predicted molar refractivity (Wildman–Crippen MR) is 99.0 cm³/mol. The van der Waals surface area contributed by atoms with E-state index in [4.69, 9.17) is 0 Å². The van der Waals surface area contributed by atoms with Crippen molar-refractivity contribution in [2.75, 3.05) is 0 Å². The zero-order chi connectivity index (χ0) is 14.1. The van der Waals surface area contributed by atoms with Crippen LogP contribution in [0.1, 0.15) is 15.3 Å². The molecule has 0 saturated heterocycles. The fourth-order valence-electron chi connectivity index (χ4n) is 2.19. The minimum absolute atomic E-state index is 0.344. The van der Waals surface area contributed by atoms with Gasteiger partial charge in [0.1, 0.15) is 0 Å². The summed E-state index contributed by atoms with van der Waals surface area (Å²) in [7, 11) is 0. The third-order valence-corrected chi connectivity index (χ3v) is 7.69. The van der Waals surface area contributed by atoms with Crippen LogP contribution in [0.4, 0.5) is 0 Å². The molecular formula is C16H11Br3S. The summed E-state index contributed by atoms with van der Waals surface area (Å²) in [5.74, 6) is 0. The third-order valence-electron chi connectivity index (χ3n) is 3.20. The van der Waals surface area contributed by atoms with Crippen molar-refractivity contribution < 1.29 is 0 Å². The number of hydrogen-bond donors (Lipinski definition) is 0. The molecule has 1 aromatic heterocycles. The summed E-state index contributed by atoms with van der Waals surface area (Å²) in [6, 6.07) is 17.4. The van der Waals surface area contributed by atoms with Gasteiger partial charge in [-0.15, -0.1) is 11.3 Å². The van der Waals surface area contributed by atoms with Crippen LogP contribution in [0.5, 0.6) is 0 Å². The molecule has 0 aliphatic carbocycles. The third kappa shape index (κ3) is 3.19. The van der Waals surface area contributed by atoms with Crippen LogP contribution in [0.2, 0.25) is 0 Å². The van der Waals surface area contributed by atoms with Crippen molar-refractivity contribution >= 4 is 69.9 Å². The zero-order valence-electron chi connectivity index (χ0n) is 10.4. The van der Waals surface area contributed by atoms with Crippen molar-refractivity contribution in [2.24, 2.45) is 0 Å². The van der Waals surface area contributed by atoms with Crippen LogP contribution < -0.4 is 0 Å². The van der Waals surface area contributed by atoms with Crippen LogP contribution in [0, 0.1) is 0 Å². The molecule has 20 heavy (non-hydrogen) atoms. The Hall–Kier alpha value is -0.160. The molecule has 0 fully saturated rings. The summed E-state index contributed by atoms with van der Waals surface area (Å²) >= 11 is 12.7. The van der Waals surface area contributed by atoms with Gasteiger partial charge in [-0.25, -0.2) is 0 Å². The van der Waals surface area contributed by atoms with E-state index in [1.54, 1.807) is 11.3 Å². The van der Waals surface area contributed by atoms with E-state index in [1.165, 1.54) is 21.2 Å². The fourth-order valence-corrected chi connectivity index (χ4v) is 5.04. The molecule has 1 heterocycles. The van der Waals surface area contributed by atoms with Crippen molar-refractivity contribution in [1.82, 2.24) is 0 Å². The monoisotopic (exact) mass is 472 g/mol. The Bertz CT molecular complexity index is 729. The summed E-state index contributed by atoms with van der Waals surface area (Å²) in [6.07, 6.45) is 0.990. The van der Waals surface area contributed by atoms with E-state index >= 15 is 0 Å². The molecular weight excluding hydrogens is 464 g/mol. The van der Waals surface area contributed by atoms with Gasteiger partial charge < -0.3 is 0 Å². The van der Waals surface area contributed by atoms with Crippen molar-refractivity contribution in [1.29, 1.82) is 0 Å². The minimum atomic E-state index is 0.344. The number of halogens is 3. The second kappa shape index (κ2) is 6.30. The standard InChI is InChI=1S/C16H11Br3S/c17-13(15-9-14(18)16(19)20-15)8-10-5-6-11-3-1-2-4-12(11)7-10/h1-7,9,13H,8H2. The molecule has 0 amide bonds. The number of thiophene rings is 1. The largest absolute Gasteiger partial charge is 0.131 e. The Morgan fingerprint density at radius 3 is 2.40 bits per heavy atom. The van der Waals surface area contributed by atoms with E-state index in [1.807, 2.05) is 0 Å². The first-order valence-electron chi connectivity index (χ1n) is 6.20. The van der Waals surface area contributed by atoms with Gasteiger partial charge in [0, 0.05) is 9.35 Å². The highest BCUT2D eigenvalue weighted by Gasteiger charge is 2.13. The highest BCUT2D eigenvalue weighted by Crippen LogP contribution is 2.39. The van der Waals surface area contributed by atoms with E-state index < -0.39 is 0 Å². The molecule has 0 saturated carbocycles. The average Bonchev–Trinajstić information content (AvgIpc) is 2.79. The van der Waals surface area contributed by atoms with Gasteiger partial charge in [0.2, 0.25) is 0 Å². The topological polar surface area (TPSA) is 0 Å². The molecule has 0 aliphatic heterocycles. The molecule has 1 unspecified atom stereocenters. The molecule has 3 aromatic rings. The van der Waals surface area contributed by atoms with Gasteiger partial charge in [0.05, 0.1) is 8.61 Å². The van der Waals surface area contributed by atoms with Gasteiger partial charge in [-0.1, -0.05) is 58.4 Å². The Morgan fingerprint density at radius 2 is 1.70 bits per heavy atom. The van der Waals surface area contributed by atoms with Gasteiger partial charge >= 0.3 is 0 Å². The normalized spacial score (nSPS) is 12.8. The van der Waals surface area contributed by atoms with Crippen LogP contribution in [0.15, 0.2) is 56.8 Å². The fraction of sp³-hybridized carbons (Fsp3) is 0.125. The van der Waals surface area contributed by atoms with Gasteiger partial charge in [0.25, 0.3) is 0 Å². The molecule has 102 valence electrons. The lowest BCUT2D eigenvalue weighted by molar-refractivity contribution is 0.971. The summed E-state index contributed by atoms with van der Waals surface area (Å²) in [5, 5.41) is 2.60. The average molecular weight is 475 g/mol. The molecule has 3 rings (SSSR count). The Labute approximate surface area is 147 Å². The van der Waals surface area contributed by atoms with E-state index in [-0.39, 0.29) is 0 Å². The van der Waals surface area contributed by atoms with Crippen molar-refractivity contribution in [3.05, 3.63) is 67.2 Å². The summed E-state index contributed by atoms with van der Waals surface area (Å²) < 4.78 is 2.27. The highest BCUT2D eigenvalue weighted by molar-refractivity contribution is 9.13. The minimum Gasteiger partial charge on any atom is -0.131 e. The second-order valence-electron chi connectivity index (χ2n) is 4.62. The lowest BCUT2D eigenvalue weighted by atomic mass is 10.0. The van der Waals surface area contributed by atoms with Gasteiger partial charge in [-0.3, -0.25) is 0 Å². The molecule has 2 aromatic carbocycles. The van der Waals surface area contributed by atoms with Crippen LogP contribution in [0.25, 0.3) is 10.8 Å². The lowest BCUT2D eigenvalue weighted by Crippen LogP contribution is -1.92. The first-order valence-corrected chi connectivity index (χ1v) is 9.52. The van der Waals surface area contributed by atoms with E-state index in [0.29, 0.717) is 4.83 Å². The quantitative estimate of drug-likeness (QED) is 0.355. The summed E-state index contributed by atoms with van der Waals surface area (Å²) in [4.78, 5) is 1.67. The molecule has 0 nitrogen and oxygen atoms in total. The lowest BCUT2D eigenvalue weighted by Gasteiger charge is -2.08. The molecule has 0 bridgehead atoms. The van der Waals surface area contributed by atoms with Crippen molar-refractivity contribution in [2.45, 2.75) is 11.2 Å². The zero-order valence-corrected chi connectivity index (χ0v) is 16.0. The molecule has 0 radical (unpaired) electrons. The number of alkyl halides is 1.